The number of para-hydroxylation sites is 1. The largest absolute Gasteiger partial charge is 0.493 e. The molecule has 0 saturated carbocycles. The second-order valence-corrected chi connectivity index (χ2v) is 6.01. The van der Waals surface area contributed by atoms with Crippen LogP contribution in [0.25, 0.3) is 11.1 Å². The molecule has 0 unspecified atom stereocenters. The maximum Gasteiger partial charge on any atom is 0.251 e. The second kappa shape index (κ2) is 7.29. The number of aliphatic hydroxyl groups is 1. The van der Waals surface area contributed by atoms with Crippen molar-refractivity contribution in [2.24, 2.45) is 0 Å². The molecule has 0 heterocycles. The van der Waals surface area contributed by atoms with Gasteiger partial charge < -0.3 is 15.2 Å². The second-order valence-electron chi connectivity index (χ2n) is 6.01. The molecular formula is C19H23NO3. The van der Waals surface area contributed by atoms with Crippen molar-refractivity contribution in [2.75, 3.05) is 13.2 Å². The molecule has 0 fully saturated rings. The lowest BCUT2D eigenvalue weighted by atomic mass is 10.0. The average Bonchev–Trinajstić information content (AvgIpc) is 2.55. The van der Waals surface area contributed by atoms with Crippen LogP contribution in [0.15, 0.2) is 48.5 Å². The first kappa shape index (κ1) is 17.0. The molecule has 0 aliphatic rings. The molecule has 1 amide bonds. The van der Waals surface area contributed by atoms with Crippen LogP contribution in [0, 0.1) is 0 Å². The number of ether oxygens (including phenoxy) is 1. The third kappa shape index (κ3) is 4.33. The molecule has 0 aliphatic heterocycles. The van der Waals surface area contributed by atoms with Crippen LogP contribution in [0.1, 0.15) is 31.1 Å². The third-order valence-electron chi connectivity index (χ3n) is 3.47. The van der Waals surface area contributed by atoms with Gasteiger partial charge in [-0.3, -0.25) is 4.79 Å². The van der Waals surface area contributed by atoms with E-state index in [-0.39, 0.29) is 12.5 Å². The van der Waals surface area contributed by atoms with E-state index in [4.69, 9.17) is 4.74 Å². The van der Waals surface area contributed by atoms with Gasteiger partial charge in [0.2, 0.25) is 0 Å². The molecule has 4 nitrogen and oxygen atoms in total. The highest BCUT2D eigenvalue weighted by Crippen LogP contribution is 2.30. The van der Waals surface area contributed by atoms with Crippen LogP contribution >= 0.6 is 0 Å². The molecule has 0 spiro atoms. The first-order valence-electron chi connectivity index (χ1n) is 7.72. The van der Waals surface area contributed by atoms with E-state index in [0.29, 0.717) is 12.2 Å². The van der Waals surface area contributed by atoms with Gasteiger partial charge in [0.05, 0.1) is 18.8 Å². The molecule has 2 rings (SSSR count). The maximum atomic E-state index is 12.4. The Hall–Kier alpha value is -2.33. The van der Waals surface area contributed by atoms with Gasteiger partial charge in [-0.05, 0) is 44.5 Å². The first-order valence-corrected chi connectivity index (χ1v) is 7.72. The number of rotatable bonds is 6. The number of benzene rings is 2. The topological polar surface area (TPSA) is 58.6 Å². The summed E-state index contributed by atoms with van der Waals surface area (Å²) in [6.45, 7) is 5.96. The molecule has 122 valence electrons. The zero-order chi connectivity index (χ0) is 16.9. The first-order chi connectivity index (χ1) is 11.0. The lowest BCUT2D eigenvalue weighted by Crippen LogP contribution is -2.46. The zero-order valence-electron chi connectivity index (χ0n) is 13.8. The van der Waals surface area contributed by atoms with Crippen molar-refractivity contribution in [3.63, 3.8) is 0 Å². The maximum absolute atomic E-state index is 12.4. The van der Waals surface area contributed by atoms with Gasteiger partial charge in [-0.15, -0.1) is 0 Å². The van der Waals surface area contributed by atoms with E-state index >= 15 is 0 Å². The SMILES string of the molecule is CCOc1ccccc1-c1cccc(C(=O)NC(C)(C)CO)c1. The monoisotopic (exact) mass is 313 g/mol. The van der Waals surface area contributed by atoms with Gasteiger partial charge in [0.15, 0.2) is 0 Å². The Morgan fingerprint density at radius 1 is 1.17 bits per heavy atom. The van der Waals surface area contributed by atoms with Crippen LogP contribution in [0.3, 0.4) is 0 Å². The number of nitrogens with one attached hydrogen (secondary N) is 1. The Bertz CT molecular complexity index is 680. The molecule has 0 aromatic heterocycles. The Balaban J connectivity index is 2.32. The summed E-state index contributed by atoms with van der Waals surface area (Å²) in [6.07, 6.45) is 0. The fourth-order valence-corrected chi connectivity index (χ4v) is 2.23. The van der Waals surface area contributed by atoms with Gasteiger partial charge in [0, 0.05) is 11.1 Å². The minimum absolute atomic E-state index is 0.119. The summed E-state index contributed by atoms with van der Waals surface area (Å²) in [5, 5.41) is 12.1. The van der Waals surface area contributed by atoms with E-state index in [1.165, 1.54) is 0 Å². The Morgan fingerprint density at radius 3 is 2.61 bits per heavy atom. The summed E-state index contributed by atoms with van der Waals surface area (Å²) in [7, 11) is 0. The average molecular weight is 313 g/mol. The minimum atomic E-state index is -0.656. The van der Waals surface area contributed by atoms with Crippen molar-refractivity contribution in [1.29, 1.82) is 0 Å². The Labute approximate surface area is 137 Å². The van der Waals surface area contributed by atoms with Crippen molar-refractivity contribution in [3.8, 4) is 16.9 Å². The van der Waals surface area contributed by atoms with Gasteiger partial charge >= 0.3 is 0 Å². The molecule has 0 aliphatic carbocycles. The Kier molecular flexibility index (Phi) is 5.40. The van der Waals surface area contributed by atoms with Crippen LogP contribution < -0.4 is 10.1 Å². The van der Waals surface area contributed by atoms with Gasteiger partial charge in [-0.25, -0.2) is 0 Å². The lowest BCUT2D eigenvalue weighted by Gasteiger charge is -2.23. The van der Waals surface area contributed by atoms with Crippen molar-refractivity contribution < 1.29 is 14.6 Å². The smallest absolute Gasteiger partial charge is 0.251 e. The van der Waals surface area contributed by atoms with Crippen molar-refractivity contribution in [3.05, 3.63) is 54.1 Å². The zero-order valence-corrected chi connectivity index (χ0v) is 13.8. The fourth-order valence-electron chi connectivity index (χ4n) is 2.23. The van der Waals surface area contributed by atoms with Crippen LogP contribution in [0.4, 0.5) is 0 Å². The predicted octanol–water partition coefficient (Wildman–Crippen LogP) is 3.25. The molecule has 2 aromatic rings. The quantitative estimate of drug-likeness (QED) is 0.860. The Morgan fingerprint density at radius 2 is 1.91 bits per heavy atom. The van der Waals surface area contributed by atoms with E-state index < -0.39 is 5.54 Å². The van der Waals surface area contributed by atoms with Crippen LogP contribution in [0.2, 0.25) is 0 Å². The van der Waals surface area contributed by atoms with Gasteiger partial charge in [-0.2, -0.15) is 0 Å². The molecule has 0 bridgehead atoms. The van der Waals surface area contributed by atoms with Crippen molar-refractivity contribution >= 4 is 5.91 Å². The fraction of sp³-hybridized carbons (Fsp3) is 0.316. The third-order valence-corrected chi connectivity index (χ3v) is 3.47. The number of hydrogen-bond acceptors (Lipinski definition) is 3. The molecule has 2 aromatic carbocycles. The van der Waals surface area contributed by atoms with E-state index in [9.17, 15) is 9.90 Å². The van der Waals surface area contributed by atoms with Gasteiger partial charge in [0.1, 0.15) is 5.75 Å². The summed E-state index contributed by atoms with van der Waals surface area (Å²) >= 11 is 0. The molecule has 23 heavy (non-hydrogen) atoms. The van der Waals surface area contributed by atoms with Crippen molar-refractivity contribution in [2.45, 2.75) is 26.3 Å². The van der Waals surface area contributed by atoms with Gasteiger partial charge in [0.25, 0.3) is 5.91 Å². The lowest BCUT2D eigenvalue weighted by molar-refractivity contribution is 0.0869. The van der Waals surface area contributed by atoms with E-state index in [1.54, 1.807) is 19.9 Å². The van der Waals surface area contributed by atoms with Crippen LogP contribution in [0.5, 0.6) is 5.75 Å². The molecule has 4 heteroatoms. The molecule has 0 atom stereocenters. The molecule has 2 N–H and O–H groups in total. The normalized spacial score (nSPS) is 11.1. The summed E-state index contributed by atoms with van der Waals surface area (Å²) in [5.41, 5.74) is 1.76. The van der Waals surface area contributed by atoms with Gasteiger partial charge in [-0.1, -0.05) is 30.3 Å². The summed E-state index contributed by atoms with van der Waals surface area (Å²) in [6, 6.07) is 15.1. The highest BCUT2D eigenvalue weighted by Gasteiger charge is 2.20. The summed E-state index contributed by atoms with van der Waals surface area (Å²) in [4.78, 5) is 12.4. The molecule has 0 radical (unpaired) electrons. The predicted molar refractivity (Wildman–Crippen MR) is 91.7 cm³/mol. The highest BCUT2D eigenvalue weighted by molar-refractivity contribution is 5.96. The van der Waals surface area contributed by atoms with E-state index in [1.807, 2.05) is 49.4 Å². The summed E-state index contributed by atoms with van der Waals surface area (Å²) < 4.78 is 5.66. The number of carbonyl (C=O) groups excluding carboxylic acids is 1. The standard InChI is InChI=1S/C19H23NO3/c1-4-23-17-11-6-5-10-16(17)14-8-7-9-15(12-14)18(22)20-19(2,3)13-21/h5-12,21H,4,13H2,1-3H3,(H,20,22). The molecule has 0 saturated heterocycles. The summed E-state index contributed by atoms with van der Waals surface area (Å²) in [5.74, 6) is 0.586. The molecular weight excluding hydrogens is 290 g/mol. The highest BCUT2D eigenvalue weighted by atomic mass is 16.5. The number of hydrogen-bond donors (Lipinski definition) is 2. The van der Waals surface area contributed by atoms with E-state index in [0.717, 1.165) is 16.9 Å². The van der Waals surface area contributed by atoms with E-state index in [2.05, 4.69) is 5.32 Å². The number of aliphatic hydroxyl groups excluding tert-OH is 1. The number of carbonyl (C=O) groups is 1. The van der Waals surface area contributed by atoms with Crippen LogP contribution in [-0.2, 0) is 0 Å². The van der Waals surface area contributed by atoms with Crippen molar-refractivity contribution in [1.82, 2.24) is 5.32 Å². The minimum Gasteiger partial charge on any atom is -0.493 e. The van der Waals surface area contributed by atoms with Crippen LogP contribution in [-0.4, -0.2) is 29.8 Å². The number of amides is 1.